The van der Waals surface area contributed by atoms with Crippen molar-refractivity contribution in [1.29, 1.82) is 0 Å². The molecule has 4 rings (SSSR count). The number of nitrogens with one attached hydrogen (secondary N) is 2. The van der Waals surface area contributed by atoms with E-state index in [1.807, 2.05) is 13.0 Å². The Morgan fingerprint density at radius 3 is 2.47 bits per heavy atom. The Kier molecular flexibility index (Phi) is 4.80. The highest BCUT2D eigenvalue weighted by Gasteiger charge is 2.39. The highest BCUT2D eigenvalue weighted by atomic mass is 19.4. The highest BCUT2D eigenvalue weighted by Crippen LogP contribution is 2.45. The molecule has 0 atom stereocenters. The molecular formula is C22H20F3N3O2. The van der Waals surface area contributed by atoms with Crippen LogP contribution in [0.4, 0.5) is 24.5 Å². The number of alkyl halides is 3. The number of allylic oxidation sites excluding steroid dienone is 1. The molecule has 0 aromatic heterocycles. The lowest BCUT2D eigenvalue weighted by molar-refractivity contribution is -0.137. The van der Waals surface area contributed by atoms with Crippen LogP contribution < -0.4 is 15.8 Å². The summed E-state index contributed by atoms with van der Waals surface area (Å²) in [5, 5.41) is 0. The number of hydrogen-bond donors (Lipinski definition) is 2. The van der Waals surface area contributed by atoms with Gasteiger partial charge in [0.25, 0.3) is 5.91 Å². The lowest BCUT2D eigenvalue weighted by Crippen LogP contribution is -2.38. The third-order valence-corrected chi connectivity index (χ3v) is 5.21. The van der Waals surface area contributed by atoms with Crippen LogP contribution >= 0.6 is 0 Å². The zero-order valence-electron chi connectivity index (χ0n) is 16.4. The van der Waals surface area contributed by atoms with E-state index in [0.717, 1.165) is 30.5 Å². The van der Waals surface area contributed by atoms with E-state index in [2.05, 4.69) is 10.9 Å². The van der Waals surface area contributed by atoms with E-state index in [4.69, 9.17) is 0 Å². The molecule has 5 nitrogen and oxygen atoms in total. The average Bonchev–Trinajstić information content (AvgIpc) is 3.48. The lowest BCUT2D eigenvalue weighted by atomic mass is 10.0. The second-order valence-electron chi connectivity index (χ2n) is 7.60. The number of carbonyl (C=O) groups is 2. The number of fused-ring (bicyclic) bond motifs is 1. The summed E-state index contributed by atoms with van der Waals surface area (Å²) >= 11 is 0. The fraction of sp³-hybridized carbons (Fsp3) is 0.273. The number of amides is 2. The molecule has 2 aliphatic rings. The van der Waals surface area contributed by atoms with Gasteiger partial charge in [-0.05, 0) is 56.5 Å². The van der Waals surface area contributed by atoms with Gasteiger partial charge in [-0.2, -0.15) is 13.2 Å². The second-order valence-corrected chi connectivity index (χ2v) is 7.60. The van der Waals surface area contributed by atoms with Gasteiger partial charge in [0.1, 0.15) is 0 Å². The number of benzene rings is 2. The monoisotopic (exact) mass is 415 g/mol. The summed E-state index contributed by atoms with van der Waals surface area (Å²) in [6, 6.07) is 10.2. The van der Waals surface area contributed by atoms with Gasteiger partial charge in [-0.15, -0.1) is 0 Å². The summed E-state index contributed by atoms with van der Waals surface area (Å²) in [6.07, 6.45) is -2.88. The molecule has 2 aromatic carbocycles. The first-order chi connectivity index (χ1) is 14.2. The van der Waals surface area contributed by atoms with Crippen molar-refractivity contribution in [1.82, 2.24) is 10.9 Å². The molecule has 1 saturated carbocycles. The van der Waals surface area contributed by atoms with Crippen LogP contribution in [0.3, 0.4) is 0 Å². The van der Waals surface area contributed by atoms with E-state index < -0.39 is 17.6 Å². The number of rotatable bonds is 4. The van der Waals surface area contributed by atoms with Gasteiger partial charge in [0.15, 0.2) is 0 Å². The smallest absolute Gasteiger partial charge is 0.302 e. The summed E-state index contributed by atoms with van der Waals surface area (Å²) in [5.41, 5.74) is 6.96. The maximum Gasteiger partial charge on any atom is 0.416 e. The van der Waals surface area contributed by atoms with Crippen molar-refractivity contribution in [2.24, 2.45) is 5.92 Å². The first-order valence-electron chi connectivity index (χ1n) is 9.56. The number of hydrazine groups is 1. The quantitative estimate of drug-likeness (QED) is 0.573. The van der Waals surface area contributed by atoms with Crippen LogP contribution in [0.5, 0.6) is 0 Å². The molecule has 30 heavy (non-hydrogen) atoms. The maximum absolute atomic E-state index is 13.3. The number of hydrogen-bond acceptors (Lipinski definition) is 3. The molecule has 0 spiro atoms. The summed E-state index contributed by atoms with van der Waals surface area (Å²) in [4.78, 5) is 26.5. The Balaban J connectivity index is 1.79. The Hall–Kier alpha value is -3.29. The summed E-state index contributed by atoms with van der Waals surface area (Å²) < 4.78 is 40.0. The summed E-state index contributed by atoms with van der Waals surface area (Å²) in [7, 11) is 0. The zero-order valence-corrected chi connectivity index (χ0v) is 16.4. The number of anilines is 2. The summed E-state index contributed by atoms with van der Waals surface area (Å²) in [5.74, 6) is -0.649. The Bertz CT molecular complexity index is 1070. The topological polar surface area (TPSA) is 61.4 Å². The van der Waals surface area contributed by atoms with Crippen molar-refractivity contribution >= 4 is 28.8 Å². The number of aryl methyl sites for hydroxylation is 1. The van der Waals surface area contributed by atoms with Gasteiger partial charge in [-0.1, -0.05) is 18.2 Å². The molecule has 0 saturated heterocycles. The molecule has 8 heteroatoms. The molecule has 1 fully saturated rings. The van der Waals surface area contributed by atoms with Gasteiger partial charge in [0.2, 0.25) is 5.91 Å². The van der Waals surface area contributed by atoms with Gasteiger partial charge in [0.05, 0.1) is 16.8 Å². The Morgan fingerprint density at radius 2 is 1.83 bits per heavy atom. The average molecular weight is 415 g/mol. The molecule has 1 aliphatic carbocycles. The van der Waals surface area contributed by atoms with Crippen LogP contribution in [0, 0.1) is 12.8 Å². The van der Waals surface area contributed by atoms with Crippen LogP contribution in [0.2, 0.25) is 0 Å². The van der Waals surface area contributed by atoms with Crippen LogP contribution in [-0.4, -0.2) is 11.8 Å². The molecule has 2 amide bonds. The first-order valence-corrected chi connectivity index (χ1v) is 9.56. The number of nitrogens with zero attached hydrogens (tertiary/aromatic N) is 1. The third-order valence-electron chi connectivity index (χ3n) is 5.21. The molecule has 0 radical (unpaired) electrons. The fourth-order valence-electron chi connectivity index (χ4n) is 3.49. The zero-order chi connectivity index (χ0) is 21.6. The van der Waals surface area contributed by atoms with E-state index >= 15 is 0 Å². The minimum atomic E-state index is -4.53. The van der Waals surface area contributed by atoms with Crippen molar-refractivity contribution in [2.75, 3.05) is 4.90 Å². The van der Waals surface area contributed by atoms with Gasteiger partial charge < -0.3 is 5.43 Å². The van der Waals surface area contributed by atoms with Crippen molar-refractivity contribution < 1.29 is 22.8 Å². The molecule has 0 unspecified atom stereocenters. The van der Waals surface area contributed by atoms with Gasteiger partial charge in [-0.25, -0.2) is 0 Å². The first kappa shape index (κ1) is 20.0. The molecule has 1 heterocycles. The van der Waals surface area contributed by atoms with Crippen molar-refractivity contribution in [3.05, 3.63) is 64.9 Å². The normalized spacial score (nSPS) is 17.6. The minimum absolute atomic E-state index is 0.0278. The van der Waals surface area contributed by atoms with Crippen LogP contribution in [-0.2, 0) is 15.8 Å². The van der Waals surface area contributed by atoms with E-state index in [0.29, 0.717) is 16.9 Å². The van der Waals surface area contributed by atoms with Crippen LogP contribution in [0.15, 0.2) is 48.2 Å². The molecular weight excluding hydrogens is 395 g/mol. The molecule has 2 aromatic rings. The fourth-order valence-corrected chi connectivity index (χ4v) is 3.49. The maximum atomic E-state index is 13.3. The van der Waals surface area contributed by atoms with E-state index in [-0.39, 0.29) is 23.1 Å². The summed E-state index contributed by atoms with van der Waals surface area (Å²) in [6.45, 7) is 3.45. The van der Waals surface area contributed by atoms with Gasteiger partial charge in [-0.3, -0.25) is 19.9 Å². The van der Waals surface area contributed by atoms with E-state index in [9.17, 15) is 22.8 Å². The van der Waals surface area contributed by atoms with Crippen molar-refractivity contribution in [3.63, 3.8) is 0 Å². The Labute approximate surface area is 171 Å². The largest absolute Gasteiger partial charge is 0.416 e. The lowest BCUT2D eigenvalue weighted by Gasteiger charge is -2.19. The van der Waals surface area contributed by atoms with Crippen molar-refractivity contribution in [3.8, 4) is 0 Å². The SMILES string of the molecule is C/C(NNC(=O)C1CC1)=C1/C(=O)N(c2cccc(C)c2)c2cc(C(F)(F)F)ccc21. The highest BCUT2D eigenvalue weighted by molar-refractivity contribution is 6.35. The minimum Gasteiger partial charge on any atom is -0.302 e. The van der Waals surface area contributed by atoms with Gasteiger partial charge >= 0.3 is 6.18 Å². The third kappa shape index (κ3) is 3.65. The number of carbonyl (C=O) groups excluding carboxylic acids is 2. The standard InChI is InChI=1S/C22H20F3N3O2/c1-12-4-3-5-16(10-12)28-18-11-15(22(23,24)25)8-9-17(18)19(21(28)30)13(2)26-27-20(29)14-6-7-14/h3-5,8-11,14,26H,6-7H2,1-2H3,(H,27,29)/b19-13-. The molecule has 156 valence electrons. The number of halogens is 3. The Morgan fingerprint density at radius 1 is 1.10 bits per heavy atom. The molecule has 1 aliphatic heterocycles. The predicted octanol–water partition coefficient (Wildman–Crippen LogP) is 4.45. The van der Waals surface area contributed by atoms with Gasteiger partial charge in [0, 0.05) is 22.9 Å². The molecule has 2 N–H and O–H groups in total. The van der Waals surface area contributed by atoms with Crippen molar-refractivity contribution in [2.45, 2.75) is 32.9 Å². The second kappa shape index (κ2) is 7.19. The molecule has 0 bridgehead atoms. The van der Waals surface area contributed by atoms with Crippen LogP contribution in [0.1, 0.15) is 36.5 Å². The van der Waals surface area contributed by atoms with E-state index in [1.54, 1.807) is 25.1 Å². The van der Waals surface area contributed by atoms with Crippen LogP contribution in [0.25, 0.3) is 5.57 Å². The van der Waals surface area contributed by atoms with E-state index in [1.165, 1.54) is 11.0 Å². The predicted molar refractivity (Wildman–Crippen MR) is 106 cm³/mol.